The van der Waals surface area contributed by atoms with Crippen molar-refractivity contribution < 1.29 is 4.79 Å². The molecular weight excluding hydrogens is 316 g/mol. The van der Waals surface area contributed by atoms with Gasteiger partial charge in [0.15, 0.2) is 0 Å². The Morgan fingerprint density at radius 3 is 2.84 bits per heavy atom. The number of aromatic nitrogens is 3. The standard InChI is InChI=1S/C18H22N6O/c1-23(2)11-15-9-14(6-7-19-15)22-18(25)20-10-13-4-5-17-16(8-13)21-12-24(17)3/h4-9,12H,10-11H2,1-3H3,(H2,19,20,22,25). The molecule has 0 saturated heterocycles. The van der Waals surface area contributed by atoms with E-state index >= 15 is 0 Å². The molecule has 0 fully saturated rings. The number of urea groups is 1. The summed E-state index contributed by atoms with van der Waals surface area (Å²) in [5.41, 5.74) is 4.63. The van der Waals surface area contributed by atoms with Crippen LogP contribution in [0.3, 0.4) is 0 Å². The number of amides is 2. The highest BCUT2D eigenvalue weighted by atomic mass is 16.2. The van der Waals surface area contributed by atoms with Crippen LogP contribution in [-0.4, -0.2) is 39.6 Å². The first-order valence-corrected chi connectivity index (χ1v) is 8.06. The number of carbonyl (C=O) groups is 1. The highest BCUT2D eigenvalue weighted by Gasteiger charge is 2.05. The summed E-state index contributed by atoms with van der Waals surface area (Å²) in [5, 5.41) is 5.70. The largest absolute Gasteiger partial charge is 0.334 e. The average Bonchev–Trinajstić information content (AvgIpc) is 2.93. The van der Waals surface area contributed by atoms with Crippen molar-refractivity contribution in [2.24, 2.45) is 7.05 Å². The van der Waals surface area contributed by atoms with E-state index in [1.165, 1.54) is 0 Å². The van der Waals surface area contributed by atoms with E-state index in [0.717, 1.165) is 34.5 Å². The molecule has 0 aliphatic carbocycles. The smallest absolute Gasteiger partial charge is 0.319 e. The van der Waals surface area contributed by atoms with Crippen LogP contribution < -0.4 is 10.6 Å². The van der Waals surface area contributed by atoms with Crippen molar-refractivity contribution in [3.63, 3.8) is 0 Å². The normalized spacial score (nSPS) is 11.0. The monoisotopic (exact) mass is 338 g/mol. The number of rotatable bonds is 5. The average molecular weight is 338 g/mol. The van der Waals surface area contributed by atoms with Crippen molar-refractivity contribution in [3.05, 3.63) is 54.1 Å². The van der Waals surface area contributed by atoms with E-state index in [4.69, 9.17) is 0 Å². The Kier molecular flexibility index (Phi) is 4.95. The van der Waals surface area contributed by atoms with Gasteiger partial charge in [0.05, 0.1) is 23.1 Å². The van der Waals surface area contributed by atoms with Crippen LogP contribution >= 0.6 is 0 Å². The van der Waals surface area contributed by atoms with Crippen molar-refractivity contribution in [2.75, 3.05) is 19.4 Å². The summed E-state index contributed by atoms with van der Waals surface area (Å²) in [6.45, 7) is 1.16. The quantitative estimate of drug-likeness (QED) is 0.749. The Morgan fingerprint density at radius 1 is 1.20 bits per heavy atom. The zero-order chi connectivity index (χ0) is 17.8. The second-order valence-corrected chi connectivity index (χ2v) is 6.26. The highest BCUT2D eigenvalue weighted by molar-refractivity contribution is 5.89. The number of hydrogen-bond acceptors (Lipinski definition) is 4. The van der Waals surface area contributed by atoms with Gasteiger partial charge in [0.25, 0.3) is 0 Å². The summed E-state index contributed by atoms with van der Waals surface area (Å²) < 4.78 is 1.97. The molecule has 2 heterocycles. The van der Waals surface area contributed by atoms with E-state index in [1.54, 1.807) is 18.6 Å². The van der Waals surface area contributed by atoms with E-state index in [-0.39, 0.29) is 6.03 Å². The van der Waals surface area contributed by atoms with Gasteiger partial charge < -0.3 is 20.1 Å². The maximum atomic E-state index is 12.1. The number of hydrogen-bond donors (Lipinski definition) is 2. The van der Waals surface area contributed by atoms with Crippen LogP contribution in [0.5, 0.6) is 0 Å². The van der Waals surface area contributed by atoms with Crippen LogP contribution in [-0.2, 0) is 20.1 Å². The van der Waals surface area contributed by atoms with Crippen LogP contribution in [0.1, 0.15) is 11.3 Å². The van der Waals surface area contributed by atoms with E-state index in [0.29, 0.717) is 6.54 Å². The van der Waals surface area contributed by atoms with Gasteiger partial charge in [0.2, 0.25) is 0 Å². The number of carbonyl (C=O) groups excluding carboxylic acids is 1. The molecule has 7 heteroatoms. The lowest BCUT2D eigenvalue weighted by atomic mass is 10.2. The minimum absolute atomic E-state index is 0.247. The summed E-state index contributed by atoms with van der Waals surface area (Å²) in [5.74, 6) is 0. The Bertz CT molecular complexity index is 886. The van der Waals surface area contributed by atoms with Crippen LogP contribution in [0.4, 0.5) is 10.5 Å². The van der Waals surface area contributed by atoms with Crippen molar-refractivity contribution >= 4 is 22.8 Å². The topological polar surface area (TPSA) is 75.1 Å². The summed E-state index contributed by atoms with van der Waals surface area (Å²) >= 11 is 0. The molecule has 0 radical (unpaired) electrons. The fourth-order valence-corrected chi connectivity index (χ4v) is 2.62. The minimum Gasteiger partial charge on any atom is -0.334 e. The predicted molar refractivity (Wildman–Crippen MR) is 98.2 cm³/mol. The summed E-state index contributed by atoms with van der Waals surface area (Å²) in [6.07, 6.45) is 3.48. The van der Waals surface area contributed by atoms with Crippen LogP contribution in [0, 0.1) is 0 Å². The lowest BCUT2D eigenvalue weighted by Gasteiger charge is -2.11. The van der Waals surface area contributed by atoms with Crippen molar-refractivity contribution in [1.82, 2.24) is 24.8 Å². The van der Waals surface area contributed by atoms with Gasteiger partial charge in [-0.3, -0.25) is 4.98 Å². The van der Waals surface area contributed by atoms with E-state index < -0.39 is 0 Å². The van der Waals surface area contributed by atoms with Gasteiger partial charge in [-0.2, -0.15) is 0 Å². The minimum atomic E-state index is -0.247. The van der Waals surface area contributed by atoms with Crippen LogP contribution in [0.25, 0.3) is 11.0 Å². The molecule has 3 rings (SSSR count). The summed E-state index contributed by atoms with van der Waals surface area (Å²) in [6, 6.07) is 9.39. The Labute approximate surface area is 146 Å². The molecule has 3 aromatic rings. The fraction of sp³-hybridized carbons (Fsp3) is 0.278. The lowest BCUT2D eigenvalue weighted by Crippen LogP contribution is -2.28. The molecule has 130 valence electrons. The molecule has 0 unspecified atom stereocenters. The molecule has 0 aliphatic heterocycles. The third-order valence-corrected chi connectivity index (χ3v) is 3.80. The number of benzene rings is 1. The second kappa shape index (κ2) is 7.31. The maximum Gasteiger partial charge on any atom is 0.319 e. The fourth-order valence-electron chi connectivity index (χ4n) is 2.62. The second-order valence-electron chi connectivity index (χ2n) is 6.26. The van der Waals surface area contributed by atoms with Gasteiger partial charge >= 0.3 is 6.03 Å². The molecule has 7 nitrogen and oxygen atoms in total. The molecule has 0 spiro atoms. The molecule has 2 amide bonds. The third kappa shape index (κ3) is 4.33. The molecular formula is C18H22N6O. The molecule has 0 saturated carbocycles. The summed E-state index contributed by atoms with van der Waals surface area (Å²) in [4.78, 5) is 22.8. The number of nitrogens with zero attached hydrogens (tertiary/aromatic N) is 4. The van der Waals surface area contributed by atoms with Gasteiger partial charge in [-0.05, 0) is 43.9 Å². The number of pyridine rings is 1. The van der Waals surface area contributed by atoms with Gasteiger partial charge in [-0.1, -0.05) is 6.07 Å². The van der Waals surface area contributed by atoms with E-state index in [1.807, 2.05) is 54.9 Å². The maximum absolute atomic E-state index is 12.1. The number of nitrogens with one attached hydrogen (secondary N) is 2. The predicted octanol–water partition coefficient (Wildman–Crippen LogP) is 2.35. The molecule has 0 aliphatic rings. The lowest BCUT2D eigenvalue weighted by molar-refractivity contribution is 0.251. The number of aryl methyl sites for hydroxylation is 1. The van der Waals surface area contributed by atoms with E-state index in [2.05, 4.69) is 20.6 Å². The molecule has 2 N–H and O–H groups in total. The highest BCUT2D eigenvalue weighted by Crippen LogP contribution is 2.14. The Hall–Kier alpha value is -2.93. The SMILES string of the molecule is CN(C)Cc1cc(NC(=O)NCc2ccc3c(c2)ncn3C)ccn1. The Morgan fingerprint density at radius 2 is 2.04 bits per heavy atom. The van der Waals surface area contributed by atoms with Gasteiger partial charge in [0.1, 0.15) is 0 Å². The molecule has 0 bridgehead atoms. The molecule has 1 aromatic carbocycles. The van der Waals surface area contributed by atoms with Crippen molar-refractivity contribution in [1.29, 1.82) is 0 Å². The number of fused-ring (bicyclic) bond motifs is 1. The molecule has 25 heavy (non-hydrogen) atoms. The van der Waals surface area contributed by atoms with Gasteiger partial charge in [-0.25, -0.2) is 9.78 Å². The first-order chi connectivity index (χ1) is 12.0. The first kappa shape index (κ1) is 16.9. The summed E-state index contributed by atoms with van der Waals surface area (Å²) in [7, 11) is 5.92. The first-order valence-electron chi connectivity index (χ1n) is 8.06. The zero-order valence-electron chi connectivity index (χ0n) is 14.7. The van der Waals surface area contributed by atoms with Gasteiger partial charge in [-0.15, -0.1) is 0 Å². The van der Waals surface area contributed by atoms with E-state index in [9.17, 15) is 4.79 Å². The van der Waals surface area contributed by atoms with Crippen LogP contribution in [0.2, 0.25) is 0 Å². The van der Waals surface area contributed by atoms with Crippen LogP contribution in [0.15, 0.2) is 42.9 Å². The van der Waals surface area contributed by atoms with Crippen molar-refractivity contribution in [2.45, 2.75) is 13.1 Å². The molecule has 0 atom stereocenters. The molecule has 2 aromatic heterocycles. The van der Waals surface area contributed by atoms with Crippen molar-refractivity contribution in [3.8, 4) is 0 Å². The zero-order valence-corrected chi connectivity index (χ0v) is 14.7. The number of imidazole rings is 1. The number of anilines is 1. The van der Waals surface area contributed by atoms with Gasteiger partial charge in [0, 0.05) is 32.0 Å². The Balaban J connectivity index is 1.58. The third-order valence-electron chi connectivity index (χ3n) is 3.80.